The second kappa shape index (κ2) is 14.6. The summed E-state index contributed by atoms with van der Waals surface area (Å²) in [6.45, 7) is 6.88. The molecule has 4 nitrogen and oxygen atoms in total. The normalized spacial score (nSPS) is 12.6. The zero-order valence-electron chi connectivity index (χ0n) is 17.6. The quantitative estimate of drug-likeness (QED) is 0.259. The van der Waals surface area contributed by atoms with Gasteiger partial charge in [-0.2, -0.15) is 8.42 Å². The molecule has 1 unspecified atom stereocenters. The van der Waals surface area contributed by atoms with Crippen LogP contribution in [0, 0.1) is 0 Å². The highest BCUT2D eigenvalue weighted by Gasteiger charge is 2.22. The maximum atomic E-state index is 11.5. The first-order valence-electron chi connectivity index (χ1n) is 10.8. The Balaban J connectivity index is 2.38. The molecule has 5 heteroatoms. The van der Waals surface area contributed by atoms with E-state index in [-0.39, 0.29) is 11.8 Å². The van der Waals surface area contributed by atoms with E-state index < -0.39 is 10.1 Å². The highest BCUT2D eigenvalue weighted by Crippen LogP contribution is 2.15. The van der Waals surface area contributed by atoms with Gasteiger partial charge in [0.05, 0.1) is 5.75 Å². The van der Waals surface area contributed by atoms with Crippen LogP contribution in [0.3, 0.4) is 0 Å². The largest absolute Gasteiger partial charge is 0.374 e. The van der Waals surface area contributed by atoms with Gasteiger partial charge in [0.1, 0.15) is 0 Å². The van der Waals surface area contributed by atoms with Gasteiger partial charge in [-0.3, -0.25) is 4.55 Å². The third-order valence-corrected chi connectivity index (χ3v) is 6.00. The molecule has 0 heterocycles. The van der Waals surface area contributed by atoms with Crippen LogP contribution in [0.2, 0.25) is 0 Å². The predicted octanol–water partition coefficient (Wildman–Crippen LogP) is 5.85. The highest BCUT2D eigenvalue weighted by atomic mass is 32.2. The standard InChI is InChI=1S/C23H39NO3S/c1-3-5-6-7-8-9-10-11-12-16-19-24(4-2)23(21-28(25,26)27)20-22-17-14-13-15-18-22/h4,13-15,17-18,23H,2-3,5-12,16,19-21H2,1H3,(H,25,26,27). The maximum Gasteiger partial charge on any atom is 0.266 e. The smallest absolute Gasteiger partial charge is 0.266 e. The Bertz CT molecular complexity index is 616. The van der Waals surface area contributed by atoms with Crippen molar-refractivity contribution in [1.29, 1.82) is 0 Å². The van der Waals surface area contributed by atoms with E-state index in [1.54, 1.807) is 6.20 Å². The fraction of sp³-hybridized carbons (Fsp3) is 0.652. The average molecular weight is 410 g/mol. The predicted molar refractivity (Wildman–Crippen MR) is 119 cm³/mol. The minimum Gasteiger partial charge on any atom is -0.374 e. The lowest BCUT2D eigenvalue weighted by Crippen LogP contribution is -2.38. The van der Waals surface area contributed by atoms with E-state index in [9.17, 15) is 13.0 Å². The van der Waals surface area contributed by atoms with Crippen LogP contribution < -0.4 is 0 Å². The first-order valence-corrected chi connectivity index (χ1v) is 12.4. The molecule has 28 heavy (non-hydrogen) atoms. The van der Waals surface area contributed by atoms with Crippen molar-refractivity contribution in [2.45, 2.75) is 83.6 Å². The number of rotatable bonds is 17. The van der Waals surface area contributed by atoms with Crippen LogP contribution in [0.25, 0.3) is 0 Å². The van der Waals surface area contributed by atoms with E-state index in [4.69, 9.17) is 0 Å². The Labute approximate surface area is 172 Å². The molecule has 0 saturated carbocycles. The Kier molecular flexibility index (Phi) is 12.9. The van der Waals surface area contributed by atoms with E-state index in [2.05, 4.69) is 13.5 Å². The molecule has 1 atom stereocenters. The summed E-state index contributed by atoms with van der Waals surface area (Å²) in [5.74, 6) is -0.272. The molecule has 0 saturated heterocycles. The van der Waals surface area contributed by atoms with Crippen molar-refractivity contribution in [3.8, 4) is 0 Å². The Morgan fingerprint density at radius 1 is 0.964 bits per heavy atom. The molecule has 0 fully saturated rings. The molecule has 0 amide bonds. The van der Waals surface area contributed by atoms with Crippen LogP contribution in [-0.2, 0) is 16.5 Å². The summed E-state index contributed by atoms with van der Waals surface area (Å²) >= 11 is 0. The molecule has 1 rings (SSSR count). The Hall–Kier alpha value is -1.33. The van der Waals surface area contributed by atoms with Crippen LogP contribution in [-0.4, -0.2) is 36.2 Å². The molecular formula is C23H39NO3S. The molecule has 0 aliphatic carbocycles. The molecule has 0 aromatic heterocycles. The molecule has 1 aromatic carbocycles. The fourth-order valence-corrected chi connectivity index (χ4v) is 4.40. The molecule has 0 aliphatic heterocycles. The summed E-state index contributed by atoms with van der Waals surface area (Å²) in [6.07, 6.45) is 15.0. The zero-order chi connectivity index (χ0) is 20.7. The summed E-state index contributed by atoms with van der Waals surface area (Å²) in [5, 5.41) is 0. The van der Waals surface area contributed by atoms with E-state index >= 15 is 0 Å². The van der Waals surface area contributed by atoms with Crippen molar-refractivity contribution in [2.75, 3.05) is 12.3 Å². The van der Waals surface area contributed by atoms with Gasteiger partial charge in [0, 0.05) is 12.6 Å². The number of hydrogen-bond acceptors (Lipinski definition) is 3. The second-order valence-corrected chi connectivity index (χ2v) is 9.19. The second-order valence-electron chi connectivity index (χ2n) is 7.69. The topological polar surface area (TPSA) is 57.6 Å². The van der Waals surface area contributed by atoms with Crippen LogP contribution in [0.4, 0.5) is 0 Å². The molecule has 0 aliphatic rings. The molecule has 1 aromatic rings. The van der Waals surface area contributed by atoms with Gasteiger partial charge in [-0.15, -0.1) is 0 Å². The van der Waals surface area contributed by atoms with Crippen LogP contribution in [0.15, 0.2) is 43.1 Å². The van der Waals surface area contributed by atoms with Crippen molar-refractivity contribution in [3.05, 3.63) is 48.7 Å². The van der Waals surface area contributed by atoms with Crippen molar-refractivity contribution in [3.63, 3.8) is 0 Å². The van der Waals surface area contributed by atoms with Crippen LogP contribution in [0.1, 0.15) is 76.7 Å². The van der Waals surface area contributed by atoms with Gasteiger partial charge in [-0.25, -0.2) is 0 Å². The van der Waals surface area contributed by atoms with Gasteiger partial charge in [0.2, 0.25) is 0 Å². The van der Waals surface area contributed by atoms with Crippen molar-refractivity contribution in [1.82, 2.24) is 4.90 Å². The first kappa shape index (κ1) is 24.7. The van der Waals surface area contributed by atoms with Gasteiger partial charge in [-0.05, 0) is 24.6 Å². The Morgan fingerprint density at radius 3 is 2.00 bits per heavy atom. The highest BCUT2D eigenvalue weighted by molar-refractivity contribution is 7.85. The van der Waals surface area contributed by atoms with Crippen molar-refractivity contribution >= 4 is 10.1 Å². The van der Waals surface area contributed by atoms with Crippen molar-refractivity contribution in [2.24, 2.45) is 0 Å². The van der Waals surface area contributed by atoms with Crippen molar-refractivity contribution < 1.29 is 13.0 Å². The number of benzene rings is 1. The lowest BCUT2D eigenvalue weighted by molar-refractivity contribution is 0.282. The minimum absolute atomic E-state index is 0.272. The fourth-order valence-electron chi connectivity index (χ4n) is 3.61. The molecule has 0 spiro atoms. The van der Waals surface area contributed by atoms with Crippen LogP contribution >= 0.6 is 0 Å². The van der Waals surface area contributed by atoms with Gasteiger partial charge < -0.3 is 4.90 Å². The third kappa shape index (κ3) is 12.2. The Morgan fingerprint density at radius 2 is 1.50 bits per heavy atom. The van der Waals surface area contributed by atoms with Crippen LogP contribution in [0.5, 0.6) is 0 Å². The van der Waals surface area contributed by atoms with Gasteiger partial charge in [-0.1, -0.05) is 102 Å². The minimum atomic E-state index is -4.04. The lowest BCUT2D eigenvalue weighted by Gasteiger charge is -2.30. The summed E-state index contributed by atoms with van der Waals surface area (Å²) in [7, 11) is -4.04. The van der Waals surface area contributed by atoms with E-state index in [1.165, 1.54) is 51.4 Å². The molecular weight excluding hydrogens is 370 g/mol. The zero-order valence-corrected chi connectivity index (χ0v) is 18.4. The molecule has 1 N–H and O–H groups in total. The molecule has 160 valence electrons. The summed E-state index contributed by atoms with van der Waals surface area (Å²) in [5.41, 5.74) is 1.06. The van der Waals surface area contributed by atoms with Gasteiger partial charge in [0.25, 0.3) is 10.1 Å². The van der Waals surface area contributed by atoms with Gasteiger partial charge in [0.15, 0.2) is 0 Å². The van der Waals surface area contributed by atoms with E-state index in [1.807, 2.05) is 35.2 Å². The monoisotopic (exact) mass is 409 g/mol. The summed E-state index contributed by atoms with van der Waals surface area (Å²) in [4.78, 5) is 1.98. The van der Waals surface area contributed by atoms with E-state index in [0.29, 0.717) is 6.42 Å². The third-order valence-electron chi connectivity index (χ3n) is 5.19. The summed E-state index contributed by atoms with van der Waals surface area (Å²) in [6, 6.07) is 9.50. The molecule has 0 radical (unpaired) electrons. The number of nitrogens with zero attached hydrogens (tertiary/aromatic N) is 1. The first-order chi connectivity index (χ1) is 13.5. The lowest BCUT2D eigenvalue weighted by atomic mass is 10.0. The van der Waals surface area contributed by atoms with E-state index in [0.717, 1.165) is 24.9 Å². The van der Waals surface area contributed by atoms with Gasteiger partial charge >= 0.3 is 0 Å². The molecule has 0 bridgehead atoms. The number of hydrogen-bond donors (Lipinski definition) is 1. The SMILES string of the molecule is C=CN(CCCCCCCCCCCC)C(Cc1ccccc1)CS(=O)(=O)O. The summed E-state index contributed by atoms with van der Waals surface area (Å²) < 4.78 is 32.3. The number of unbranched alkanes of at least 4 members (excludes halogenated alkanes) is 9. The average Bonchev–Trinajstić information content (AvgIpc) is 2.65. The maximum absolute atomic E-state index is 11.5.